The van der Waals surface area contributed by atoms with E-state index in [2.05, 4.69) is 172 Å². The van der Waals surface area contributed by atoms with Gasteiger partial charge in [0, 0.05) is 12.8 Å². The lowest BCUT2D eigenvalue weighted by molar-refractivity contribution is -0.161. The highest BCUT2D eigenvalue weighted by atomic mass is 16.6. The van der Waals surface area contributed by atoms with Crippen LogP contribution in [-0.2, 0) is 19.1 Å². The minimum absolute atomic E-state index is 0.0766. The number of aliphatic hydroxyl groups excluding tert-OH is 1. The zero-order valence-electron chi connectivity index (χ0n) is 50.4. The van der Waals surface area contributed by atoms with Crippen molar-refractivity contribution in [2.75, 3.05) is 13.2 Å². The summed E-state index contributed by atoms with van der Waals surface area (Å²) < 4.78 is 10.7. The van der Waals surface area contributed by atoms with Crippen molar-refractivity contribution in [2.45, 2.75) is 277 Å². The molecule has 0 rings (SSSR count). The molecule has 0 amide bonds. The largest absolute Gasteiger partial charge is 0.462 e. The van der Waals surface area contributed by atoms with Gasteiger partial charge >= 0.3 is 11.9 Å². The number of esters is 2. The van der Waals surface area contributed by atoms with Crippen molar-refractivity contribution in [2.24, 2.45) is 0 Å². The van der Waals surface area contributed by atoms with Crippen LogP contribution in [0.1, 0.15) is 271 Å². The van der Waals surface area contributed by atoms with E-state index in [0.29, 0.717) is 12.8 Å². The fraction of sp³-hybridized carbons (Fsp3) is 0.616. The minimum atomic E-state index is -0.788. The second-order valence-electron chi connectivity index (χ2n) is 20.7. The van der Waals surface area contributed by atoms with E-state index < -0.39 is 6.10 Å². The number of ether oxygens (including phenoxy) is 2. The Balaban J connectivity index is 3.55. The first-order chi connectivity index (χ1) is 38.6. The van der Waals surface area contributed by atoms with E-state index in [1.54, 1.807) is 0 Å². The fourth-order valence-corrected chi connectivity index (χ4v) is 8.60. The van der Waals surface area contributed by atoms with E-state index in [9.17, 15) is 14.7 Å². The number of rotatable bonds is 57. The first kappa shape index (κ1) is 73.5. The van der Waals surface area contributed by atoms with Gasteiger partial charge in [-0.2, -0.15) is 0 Å². The molecule has 1 unspecified atom stereocenters. The molecule has 0 saturated carbocycles. The Hall–Kier alpha value is -4.48. The lowest BCUT2D eigenvalue weighted by Gasteiger charge is -2.15. The first-order valence-corrected chi connectivity index (χ1v) is 32.0. The summed E-state index contributed by atoms with van der Waals surface area (Å²) in [6.07, 6.45) is 102. The number of allylic oxidation sites excluding steroid dienone is 26. The second-order valence-corrected chi connectivity index (χ2v) is 20.7. The number of carbonyl (C=O) groups is 2. The van der Waals surface area contributed by atoms with Gasteiger partial charge in [-0.15, -0.1) is 0 Å². The molecule has 0 fully saturated rings. The van der Waals surface area contributed by atoms with Crippen LogP contribution in [0.15, 0.2) is 158 Å². The molecule has 440 valence electrons. The number of carbonyl (C=O) groups excluding carboxylic acids is 2. The Bertz CT molecular complexity index is 1690. The van der Waals surface area contributed by atoms with Crippen LogP contribution < -0.4 is 0 Å². The lowest BCUT2D eigenvalue weighted by Crippen LogP contribution is -2.28. The molecular formula is C73H118O5. The summed E-state index contributed by atoms with van der Waals surface area (Å²) in [5.41, 5.74) is 0. The van der Waals surface area contributed by atoms with Gasteiger partial charge < -0.3 is 14.6 Å². The molecule has 0 aliphatic heterocycles. The molecule has 0 bridgehead atoms. The third kappa shape index (κ3) is 64.0. The van der Waals surface area contributed by atoms with E-state index >= 15 is 0 Å². The predicted octanol–water partition coefficient (Wildman–Crippen LogP) is 22.3. The van der Waals surface area contributed by atoms with Crippen LogP contribution in [-0.4, -0.2) is 36.4 Å². The van der Waals surface area contributed by atoms with Crippen molar-refractivity contribution >= 4 is 11.9 Å². The zero-order chi connectivity index (χ0) is 56.2. The van der Waals surface area contributed by atoms with E-state index in [1.165, 1.54) is 116 Å². The second kappa shape index (κ2) is 66.8. The molecule has 0 aliphatic carbocycles. The minimum Gasteiger partial charge on any atom is -0.462 e. The van der Waals surface area contributed by atoms with Gasteiger partial charge in [0.1, 0.15) is 6.61 Å². The van der Waals surface area contributed by atoms with Crippen molar-refractivity contribution in [1.29, 1.82) is 0 Å². The maximum Gasteiger partial charge on any atom is 0.306 e. The molecule has 78 heavy (non-hydrogen) atoms. The van der Waals surface area contributed by atoms with Crippen LogP contribution in [0.25, 0.3) is 0 Å². The predicted molar refractivity (Wildman–Crippen MR) is 343 cm³/mol. The van der Waals surface area contributed by atoms with E-state index in [1.807, 2.05) is 0 Å². The number of hydrogen-bond acceptors (Lipinski definition) is 5. The molecule has 0 aliphatic rings. The molecule has 0 heterocycles. The summed E-state index contributed by atoms with van der Waals surface area (Å²) in [5.74, 6) is -0.602. The van der Waals surface area contributed by atoms with Gasteiger partial charge in [0.25, 0.3) is 0 Å². The first-order valence-electron chi connectivity index (χ1n) is 32.0. The molecule has 0 saturated heterocycles. The quantitative estimate of drug-likeness (QED) is 0.0373. The smallest absolute Gasteiger partial charge is 0.306 e. The molecule has 5 nitrogen and oxygen atoms in total. The highest BCUT2D eigenvalue weighted by Crippen LogP contribution is 2.16. The maximum atomic E-state index is 12.3. The molecular weight excluding hydrogens is 957 g/mol. The van der Waals surface area contributed by atoms with Gasteiger partial charge in [-0.25, -0.2) is 0 Å². The van der Waals surface area contributed by atoms with Gasteiger partial charge in [-0.1, -0.05) is 294 Å². The summed E-state index contributed by atoms with van der Waals surface area (Å²) in [6.45, 7) is 3.91. The average Bonchev–Trinajstić information content (AvgIpc) is 3.44. The van der Waals surface area contributed by atoms with Gasteiger partial charge in [0.15, 0.2) is 6.10 Å². The van der Waals surface area contributed by atoms with Crippen molar-refractivity contribution in [3.05, 3.63) is 158 Å². The summed E-state index contributed by atoms with van der Waals surface area (Å²) in [5, 5.41) is 9.69. The van der Waals surface area contributed by atoms with Crippen LogP contribution in [0.4, 0.5) is 0 Å². The molecule has 0 spiro atoms. The van der Waals surface area contributed by atoms with Crippen molar-refractivity contribution < 1.29 is 24.2 Å². The topological polar surface area (TPSA) is 72.8 Å². The molecule has 5 heteroatoms. The summed E-state index contributed by atoms with van der Waals surface area (Å²) in [4.78, 5) is 24.6. The standard InChI is InChI=1S/C73H118O5/c1-3-5-7-9-11-13-15-17-19-21-23-25-27-29-31-33-35-36-38-39-41-43-45-47-49-51-53-55-57-59-61-63-65-67-72(75)77-70-71(69-74)78-73(76)68-66-64-62-60-58-56-54-52-50-48-46-44-42-40-37-34-32-30-28-26-24-22-20-18-16-14-12-10-8-6-4-2/h5-8,11-14,17-20,23-26,29-32,35-37,40,44,46,71,74H,3-4,9-10,15-16,21-22,27-28,33-34,38-39,41-43,45,47-70H2,1-2H3/b7-5-,8-6-,13-11-,14-12-,19-17-,20-18-,25-23-,26-24-,31-29-,32-30-,36-35-,40-37-,46-44-. The lowest BCUT2D eigenvalue weighted by atomic mass is 10.0. The summed E-state index contributed by atoms with van der Waals surface area (Å²) in [7, 11) is 0. The van der Waals surface area contributed by atoms with Gasteiger partial charge in [-0.3, -0.25) is 9.59 Å². The normalized spacial score (nSPS) is 13.3. The number of aliphatic hydroxyl groups is 1. The molecule has 1 N–H and O–H groups in total. The molecule has 0 aromatic carbocycles. The Kier molecular flexibility index (Phi) is 63.0. The van der Waals surface area contributed by atoms with Crippen molar-refractivity contribution in [3.63, 3.8) is 0 Å². The SMILES string of the molecule is CC/C=C\C/C=C\C/C=C\C/C=C\C/C=C\C/C=C\C/C=C\CCCCCCCCCCCC(=O)OC(CO)COC(=O)CCCCCCCCCCCCCCCC/C=C\C/C=C\C/C=C\C/C=C\C/C=C\C/C=C\CC. The summed E-state index contributed by atoms with van der Waals surface area (Å²) >= 11 is 0. The van der Waals surface area contributed by atoms with Gasteiger partial charge in [0.05, 0.1) is 6.61 Å². The Morgan fingerprint density at radius 3 is 0.769 bits per heavy atom. The highest BCUT2D eigenvalue weighted by Gasteiger charge is 2.16. The van der Waals surface area contributed by atoms with Crippen LogP contribution >= 0.6 is 0 Å². The number of unbranched alkanes of at least 4 members (excludes halogenated alkanes) is 23. The molecule has 0 radical (unpaired) electrons. The number of hydrogen-bond donors (Lipinski definition) is 1. The van der Waals surface area contributed by atoms with Crippen LogP contribution in [0.2, 0.25) is 0 Å². The van der Waals surface area contributed by atoms with E-state index in [0.717, 1.165) is 128 Å². The van der Waals surface area contributed by atoms with Crippen LogP contribution in [0.3, 0.4) is 0 Å². The zero-order valence-corrected chi connectivity index (χ0v) is 50.4. The van der Waals surface area contributed by atoms with Crippen LogP contribution in [0.5, 0.6) is 0 Å². The third-order valence-electron chi connectivity index (χ3n) is 13.3. The molecule has 0 aromatic rings. The highest BCUT2D eigenvalue weighted by molar-refractivity contribution is 5.70. The van der Waals surface area contributed by atoms with Gasteiger partial charge in [0.2, 0.25) is 0 Å². The van der Waals surface area contributed by atoms with Gasteiger partial charge in [-0.05, 0) is 122 Å². The van der Waals surface area contributed by atoms with Crippen molar-refractivity contribution in [3.8, 4) is 0 Å². The fourth-order valence-electron chi connectivity index (χ4n) is 8.60. The summed E-state index contributed by atoms with van der Waals surface area (Å²) in [6, 6.07) is 0. The Morgan fingerprint density at radius 2 is 0.513 bits per heavy atom. The Labute approximate surface area is 481 Å². The van der Waals surface area contributed by atoms with Crippen molar-refractivity contribution in [1.82, 2.24) is 0 Å². The third-order valence-corrected chi connectivity index (χ3v) is 13.3. The molecule has 0 aromatic heterocycles. The van der Waals surface area contributed by atoms with E-state index in [4.69, 9.17) is 9.47 Å². The molecule has 1 atom stereocenters. The maximum absolute atomic E-state index is 12.3. The average molecular weight is 1080 g/mol. The van der Waals surface area contributed by atoms with E-state index in [-0.39, 0.29) is 25.2 Å². The monoisotopic (exact) mass is 1070 g/mol. The Morgan fingerprint density at radius 1 is 0.295 bits per heavy atom. The van der Waals surface area contributed by atoms with Crippen LogP contribution in [0, 0.1) is 0 Å².